The van der Waals surface area contributed by atoms with Crippen molar-refractivity contribution < 1.29 is 14.0 Å². The van der Waals surface area contributed by atoms with Crippen LogP contribution in [0.15, 0.2) is 42.5 Å². The van der Waals surface area contributed by atoms with Gasteiger partial charge in [0.05, 0.1) is 20.1 Å². The lowest BCUT2D eigenvalue weighted by molar-refractivity contribution is -0.948. The summed E-state index contributed by atoms with van der Waals surface area (Å²) in [4.78, 5) is 0. The highest BCUT2D eigenvalue weighted by atomic mass is 35.5. The third kappa shape index (κ3) is 2.83. The van der Waals surface area contributed by atoms with Gasteiger partial charge in [0.15, 0.2) is 6.23 Å². The van der Waals surface area contributed by atoms with Crippen LogP contribution >= 0.6 is 11.6 Å². The van der Waals surface area contributed by atoms with E-state index < -0.39 is 0 Å². The van der Waals surface area contributed by atoms with Crippen LogP contribution in [0.5, 0.6) is 11.5 Å². The summed E-state index contributed by atoms with van der Waals surface area (Å²) in [5.41, 5.74) is 2.52. The molecule has 0 N–H and O–H groups in total. The van der Waals surface area contributed by atoms with Gasteiger partial charge in [0.2, 0.25) is 0 Å². The molecule has 1 saturated heterocycles. The van der Waals surface area contributed by atoms with E-state index in [4.69, 9.17) is 21.1 Å². The summed E-state index contributed by atoms with van der Waals surface area (Å²) in [5.74, 6) is 3.12. The average molecular weight is 373 g/mol. The number of hydrogen-bond acceptors (Lipinski definition) is 2. The SMILES string of the molecule is COC(C(C)C)[N+]1(C)CC2c3ccccc3Oc3ccc(Cl)cc3C2C1. The predicted octanol–water partition coefficient (Wildman–Crippen LogP) is 5.40. The Morgan fingerprint density at radius 2 is 1.69 bits per heavy atom. The van der Waals surface area contributed by atoms with E-state index in [0.717, 1.165) is 34.1 Å². The fourth-order valence-corrected chi connectivity index (χ4v) is 5.39. The first-order valence-electron chi connectivity index (χ1n) is 9.36. The summed E-state index contributed by atoms with van der Waals surface area (Å²) in [6, 6.07) is 14.5. The zero-order chi connectivity index (χ0) is 18.5. The number of halogens is 1. The van der Waals surface area contributed by atoms with E-state index in [9.17, 15) is 0 Å². The Morgan fingerprint density at radius 1 is 1.04 bits per heavy atom. The average Bonchev–Trinajstić information content (AvgIpc) is 2.89. The van der Waals surface area contributed by atoms with Gasteiger partial charge in [-0.05, 0) is 24.3 Å². The second-order valence-corrected chi connectivity index (χ2v) is 8.69. The molecule has 2 heterocycles. The molecule has 2 aromatic rings. The van der Waals surface area contributed by atoms with Gasteiger partial charge >= 0.3 is 0 Å². The molecule has 0 saturated carbocycles. The van der Waals surface area contributed by atoms with E-state index in [1.165, 1.54) is 11.1 Å². The van der Waals surface area contributed by atoms with Crippen LogP contribution in [0.2, 0.25) is 5.02 Å². The zero-order valence-corrected chi connectivity index (χ0v) is 16.7. The predicted molar refractivity (Wildman–Crippen MR) is 105 cm³/mol. The van der Waals surface area contributed by atoms with Crippen LogP contribution in [0.25, 0.3) is 0 Å². The van der Waals surface area contributed by atoms with Crippen LogP contribution in [0.4, 0.5) is 0 Å². The number of fused-ring (bicyclic) bond motifs is 5. The molecular weight excluding hydrogens is 346 g/mol. The van der Waals surface area contributed by atoms with Gasteiger partial charge in [0, 0.05) is 41.0 Å². The number of para-hydroxylation sites is 1. The van der Waals surface area contributed by atoms with Crippen molar-refractivity contribution in [3.8, 4) is 11.5 Å². The Morgan fingerprint density at radius 3 is 2.38 bits per heavy atom. The molecule has 1 fully saturated rings. The van der Waals surface area contributed by atoms with Crippen molar-refractivity contribution in [2.45, 2.75) is 31.9 Å². The minimum Gasteiger partial charge on any atom is -0.457 e. The minimum absolute atomic E-state index is 0.178. The molecule has 0 spiro atoms. The molecule has 4 heteroatoms. The van der Waals surface area contributed by atoms with Crippen molar-refractivity contribution in [1.82, 2.24) is 0 Å². The molecule has 0 amide bonds. The Bertz CT molecular complexity index is 822. The van der Waals surface area contributed by atoms with Gasteiger partial charge in [-0.1, -0.05) is 43.6 Å². The molecule has 0 aromatic heterocycles. The quantitative estimate of drug-likeness (QED) is 0.671. The summed E-state index contributed by atoms with van der Waals surface area (Å²) in [7, 11) is 4.17. The van der Waals surface area contributed by atoms with E-state index >= 15 is 0 Å². The summed E-state index contributed by atoms with van der Waals surface area (Å²) >= 11 is 6.36. The number of rotatable bonds is 3. The first-order chi connectivity index (χ1) is 12.4. The van der Waals surface area contributed by atoms with Crippen LogP contribution in [0.1, 0.15) is 36.8 Å². The highest BCUT2D eigenvalue weighted by molar-refractivity contribution is 6.30. The van der Waals surface area contributed by atoms with Crippen LogP contribution in [0.3, 0.4) is 0 Å². The zero-order valence-electron chi connectivity index (χ0n) is 15.9. The maximum Gasteiger partial charge on any atom is 0.195 e. The Balaban J connectivity index is 1.85. The van der Waals surface area contributed by atoms with E-state index in [0.29, 0.717) is 17.8 Å². The highest BCUT2D eigenvalue weighted by Gasteiger charge is 2.51. The molecule has 2 aromatic carbocycles. The van der Waals surface area contributed by atoms with Crippen molar-refractivity contribution in [2.24, 2.45) is 5.92 Å². The Kier molecular flexibility index (Phi) is 4.50. The van der Waals surface area contributed by atoms with Crippen molar-refractivity contribution >= 4 is 11.6 Å². The topological polar surface area (TPSA) is 18.5 Å². The maximum absolute atomic E-state index is 6.36. The number of likely N-dealkylation sites (N-methyl/N-ethyl adjacent to an activating group) is 1. The fraction of sp³-hybridized carbons (Fsp3) is 0.455. The van der Waals surface area contributed by atoms with Gasteiger partial charge in [-0.25, -0.2) is 0 Å². The number of benzene rings is 2. The van der Waals surface area contributed by atoms with Crippen LogP contribution in [0, 0.1) is 5.92 Å². The van der Waals surface area contributed by atoms with Gasteiger partial charge in [-0.15, -0.1) is 0 Å². The standard InChI is InChI=1S/C22H27ClNO2/c1-14(2)22(25-4)24(3)12-18-16-7-5-6-8-20(16)26-21-10-9-15(23)11-17(21)19(18)13-24/h5-11,14,18-19,22H,12-13H2,1-4H3/q+1. The third-order valence-electron chi connectivity index (χ3n) is 6.05. The molecule has 2 aliphatic heterocycles. The second-order valence-electron chi connectivity index (χ2n) is 8.25. The van der Waals surface area contributed by atoms with Crippen molar-refractivity contribution in [3.05, 3.63) is 58.6 Å². The van der Waals surface area contributed by atoms with Crippen LogP contribution in [-0.2, 0) is 4.74 Å². The number of quaternary nitrogens is 1. The largest absolute Gasteiger partial charge is 0.457 e. The molecule has 0 radical (unpaired) electrons. The number of ether oxygens (including phenoxy) is 2. The lowest BCUT2D eigenvalue weighted by Gasteiger charge is -2.39. The summed E-state index contributed by atoms with van der Waals surface area (Å²) in [6.07, 6.45) is 0.178. The van der Waals surface area contributed by atoms with Gasteiger partial charge in [-0.2, -0.15) is 0 Å². The number of methoxy groups -OCH3 is 1. The smallest absolute Gasteiger partial charge is 0.195 e. The Labute approximate surface area is 161 Å². The fourth-order valence-electron chi connectivity index (χ4n) is 5.21. The number of hydrogen-bond donors (Lipinski definition) is 0. The number of likely N-dealkylation sites (tertiary alicyclic amines) is 1. The van der Waals surface area contributed by atoms with Gasteiger partial charge in [0.25, 0.3) is 0 Å². The van der Waals surface area contributed by atoms with E-state index in [1.807, 2.05) is 25.3 Å². The molecular formula is C22H27ClNO2+. The lowest BCUT2D eigenvalue weighted by atomic mass is 9.84. The molecule has 4 rings (SSSR count). The van der Waals surface area contributed by atoms with Crippen molar-refractivity contribution in [3.63, 3.8) is 0 Å². The molecule has 3 nitrogen and oxygen atoms in total. The molecule has 138 valence electrons. The molecule has 2 aliphatic rings. The van der Waals surface area contributed by atoms with Crippen molar-refractivity contribution in [1.29, 1.82) is 0 Å². The van der Waals surface area contributed by atoms with E-state index in [1.54, 1.807) is 0 Å². The number of nitrogens with zero attached hydrogens (tertiary/aromatic N) is 1. The monoisotopic (exact) mass is 372 g/mol. The lowest BCUT2D eigenvalue weighted by Crippen LogP contribution is -2.54. The van der Waals surface area contributed by atoms with Gasteiger partial charge in [-0.3, -0.25) is 4.48 Å². The maximum atomic E-state index is 6.36. The molecule has 4 atom stereocenters. The van der Waals surface area contributed by atoms with Crippen LogP contribution < -0.4 is 4.74 Å². The minimum atomic E-state index is 0.178. The molecule has 26 heavy (non-hydrogen) atoms. The van der Waals surface area contributed by atoms with Gasteiger partial charge < -0.3 is 9.47 Å². The first kappa shape index (κ1) is 17.8. The molecule has 4 unspecified atom stereocenters. The highest BCUT2D eigenvalue weighted by Crippen LogP contribution is 2.52. The van der Waals surface area contributed by atoms with E-state index in [2.05, 4.69) is 45.2 Å². The van der Waals surface area contributed by atoms with Crippen LogP contribution in [-0.4, -0.2) is 38.0 Å². The molecule has 0 bridgehead atoms. The summed E-state index contributed by atoms with van der Waals surface area (Å²) < 4.78 is 13.2. The normalized spacial score (nSPS) is 27.9. The Hall–Kier alpha value is -1.55. The summed E-state index contributed by atoms with van der Waals surface area (Å²) in [5, 5.41) is 0.769. The first-order valence-corrected chi connectivity index (χ1v) is 9.74. The molecule has 0 aliphatic carbocycles. The van der Waals surface area contributed by atoms with Crippen molar-refractivity contribution in [2.75, 3.05) is 27.2 Å². The second kappa shape index (κ2) is 6.56. The van der Waals surface area contributed by atoms with E-state index in [-0.39, 0.29) is 6.23 Å². The van der Waals surface area contributed by atoms with Gasteiger partial charge in [0.1, 0.15) is 11.5 Å². The summed E-state index contributed by atoms with van der Waals surface area (Å²) in [6.45, 7) is 6.54. The third-order valence-corrected chi connectivity index (χ3v) is 6.28.